The summed E-state index contributed by atoms with van der Waals surface area (Å²) in [5, 5.41) is 53.9. The average molecular weight is 1080 g/mol. The fourth-order valence-corrected chi connectivity index (χ4v) is 10.4. The normalized spacial score (nSPS) is 25.1. The molecule has 30 heteroatoms. The predicted molar refractivity (Wildman–Crippen MR) is 270 cm³/mol. The molecule has 6 amide bonds. The summed E-state index contributed by atoms with van der Waals surface area (Å²) in [5.41, 5.74) is 16.8. The summed E-state index contributed by atoms with van der Waals surface area (Å²) in [4.78, 5) is 107. The second-order valence-corrected chi connectivity index (χ2v) is 19.4. The molecule has 0 radical (unpaired) electrons. The first-order valence-electron chi connectivity index (χ1n) is 24.9. The number of fused-ring (bicyclic) bond motifs is 4. The van der Waals surface area contributed by atoms with Gasteiger partial charge in [0.25, 0.3) is 23.6 Å². The van der Waals surface area contributed by atoms with E-state index in [1.54, 1.807) is 46.2 Å². The van der Waals surface area contributed by atoms with Crippen LogP contribution in [0.1, 0.15) is 44.3 Å². The van der Waals surface area contributed by atoms with Crippen molar-refractivity contribution in [1.82, 2.24) is 69.3 Å². The van der Waals surface area contributed by atoms with Gasteiger partial charge in [0.2, 0.25) is 11.8 Å². The minimum atomic E-state index is -1.46. The van der Waals surface area contributed by atoms with E-state index in [0.29, 0.717) is 110 Å². The van der Waals surface area contributed by atoms with Crippen molar-refractivity contribution in [2.75, 3.05) is 87.5 Å². The van der Waals surface area contributed by atoms with Crippen molar-refractivity contribution in [3.05, 3.63) is 84.0 Å². The molecule has 12 rings (SSSR count). The molecule has 0 unspecified atom stereocenters. The molecule has 408 valence electrons. The van der Waals surface area contributed by atoms with E-state index in [9.17, 15) is 49.2 Å². The van der Waals surface area contributed by atoms with Crippen LogP contribution in [0.2, 0.25) is 0 Å². The Morgan fingerprint density at radius 2 is 0.962 bits per heavy atom. The largest absolute Gasteiger partial charge is 0.387 e. The topological polar surface area (TPSA) is 402 Å². The predicted octanol–water partition coefficient (Wildman–Crippen LogP) is -3.89. The van der Waals surface area contributed by atoms with E-state index >= 15 is 0 Å². The second kappa shape index (κ2) is 21.2. The maximum absolute atomic E-state index is 13.2. The molecule has 0 spiro atoms. The van der Waals surface area contributed by atoms with Crippen molar-refractivity contribution >= 4 is 80.8 Å². The number of carbonyl (C=O) groups is 6. The van der Waals surface area contributed by atoms with Crippen LogP contribution in [0.3, 0.4) is 0 Å². The van der Waals surface area contributed by atoms with E-state index in [4.69, 9.17) is 20.9 Å². The van der Waals surface area contributed by atoms with Crippen LogP contribution in [0.15, 0.2) is 61.7 Å². The molecule has 6 aliphatic rings. The van der Waals surface area contributed by atoms with Gasteiger partial charge in [-0.2, -0.15) is 0 Å². The molecule has 30 nitrogen and oxygen atoms in total. The van der Waals surface area contributed by atoms with Gasteiger partial charge in [-0.25, -0.2) is 29.9 Å². The monoisotopic (exact) mass is 1070 g/mol. The number of imidazole rings is 2. The molecule has 0 aliphatic carbocycles. The Kier molecular flexibility index (Phi) is 14.1. The number of rotatable bonds is 10. The third-order valence-corrected chi connectivity index (χ3v) is 14.6. The summed E-state index contributed by atoms with van der Waals surface area (Å²) in [6.07, 6.45) is -5.25. The van der Waals surface area contributed by atoms with Crippen molar-refractivity contribution in [3.8, 4) is 0 Å². The molecule has 78 heavy (non-hydrogen) atoms. The van der Waals surface area contributed by atoms with Crippen molar-refractivity contribution in [3.63, 3.8) is 0 Å². The first-order chi connectivity index (χ1) is 37.6. The van der Waals surface area contributed by atoms with Crippen LogP contribution in [0, 0.1) is 0 Å². The smallest absolute Gasteiger partial charge is 0.254 e. The average Bonchev–Trinajstić information content (AvgIpc) is 4.41. The lowest BCUT2D eigenvalue weighted by atomic mass is 10.1. The van der Waals surface area contributed by atoms with Gasteiger partial charge in [0.05, 0.1) is 25.7 Å². The third-order valence-electron chi connectivity index (χ3n) is 14.6. The van der Waals surface area contributed by atoms with Gasteiger partial charge in [-0.05, 0) is 24.3 Å². The number of nitrogens with two attached hydrogens (primary N) is 2. The molecule has 4 fully saturated rings. The highest BCUT2D eigenvalue weighted by Gasteiger charge is 2.51. The second-order valence-electron chi connectivity index (χ2n) is 19.4. The number of aliphatic hydroxyl groups is 4. The van der Waals surface area contributed by atoms with Crippen molar-refractivity contribution in [2.24, 2.45) is 0 Å². The highest BCUT2D eigenvalue weighted by atomic mass is 16.6. The first kappa shape index (κ1) is 51.7. The van der Waals surface area contributed by atoms with Gasteiger partial charge in [0, 0.05) is 99.1 Å². The Balaban J connectivity index is 0.000000165. The molecule has 4 saturated heterocycles. The van der Waals surface area contributed by atoms with Crippen LogP contribution >= 0.6 is 0 Å². The summed E-state index contributed by atoms with van der Waals surface area (Å²) in [6.45, 7) is 3.98. The van der Waals surface area contributed by atoms with E-state index in [2.05, 4.69) is 51.2 Å². The number of anilines is 4. The van der Waals surface area contributed by atoms with Crippen molar-refractivity contribution < 1.29 is 58.7 Å². The number of aromatic nitrogens is 8. The molecule has 12 N–H and O–H groups in total. The van der Waals surface area contributed by atoms with Gasteiger partial charge in [0.1, 0.15) is 48.1 Å². The molecular weight excluding hydrogens is 1020 g/mol. The summed E-state index contributed by atoms with van der Waals surface area (Å²) in [7, 11) is 0. The maximum atomic E-state index is 13.2. The first-order valence-corrected chi connectivity index (χ1v) is 24.9. The van der Waals surface area contributed by atoms with Crippen LogP contribution in [-0.2, 0) is 41.7 Å². The maximum Gasteiger partial charge on any atom is 0.254 e. The zero-order valence-electron chi connectivity index (χ0n) is 41.5. The SMILES string of the molecule is Nc1ncnc2c1ncn2[C@H]1O[C@@H](C(=O)N2CCN(CC(=O)Nc3cccc4c3CNC4=O)CC2)[C@H](O)[C@@H]1O.Nc1ncnc2c1ncn2[C@H]1O[C@@H](C(=O)N2CCN(CC(=O)Nc3cccc4c3CNC4=O)CC2)[C@H](O)[C@@H]1O. The Bertz CT molecular complexity index is 3120. The zero-order chi connectivity index (χ0) is 54.5. The molecule has 6 aliphatic heterocycles. The molecular formula is C48H54N18O12. The summed E-state index contributed by atoms with van der Waals surface area (Å²) < 4.78 is 14.5. The molecule has 0 saturated carbocycles. The minimum Gasteiger partial charge on any atom is -0.387 e. The Labute approximate surface area is 441 Å². The number of hydrogen-bond acceptors (Lipinski definition) is 22. The minimum absolute atomic E-state index is 0.120. The van der Waals surface area contributed by atoms with Gasteiger partial charge in [-0.3, -0.25) is 47.7 Å². The van der Waals surface area contributed by atoms with Crippen LogP contribution < -0.4 is 32.7 Å². The van der Waals surface area contributed by atoms with Gasteiger partial charge in [-0.1, -0.05) is 12.1 Å². The number of nitrogens with zero attached hydrogens (tertiary/aromatic N) is 12. The number of piperazine rings is 2. The molecule has 6 aromatic rings. The highest BCUT2D eigenvalue weighted by Crippen LogP contribution is 2.35. The van der Waals surface area contributed by atoms with Crippen LogP contribution in [0.4, 0.5) is 23.0 Å². The van der Waals surface area contributed by atoms with E-state index in [1.807, 2.05) is 9.80 Å². The number of nitrogen functional groups attached to an aromatic ring is 2. The number of carbonyl (C=O) groups excluding carboxylic acids is 6. The van der Waals surface area contributed by atoms with Gasteiger partial charge in [-0.15, -0.1) is 0 Å². The van der Waals surface area contributed by atoms with E-state index in [0.717, 1.165) is 11.1 Å². The molecule has 2 aromatic carbocycles. The highest BCUT2D eigenvalue weighted by molar-refractivity contribution is 6.03. The van der Waals surface area contributed by atoms with E-state index in [-0.39, 0.29) is 48.4 Å². The lowest BCUT2D eigenvalue weighted by molar-refractivity contribution is -0.151. The Morgan fingerprint density at radius 3 is 1.36 bits per heavy atom. The quantitative estimate of drug-likeness (QED) is 0.0627. The Morgan fingerprint density at radius 1 is 0.564 bits per heavy atom. The lowest BCUT2D eigenvalue weighted by Crippen LogP contribution is -2.54. The van der Waals surface area contributed by atoms with Crippen LogP contribution in [-0.4, -0.2) is 217 Å². The fourth-order valence-electron chi connectivity index (χ4n) is 10.4. The number of hydrogen-bond donors (Lipinski definition) is 10. The Hall–Kier alpha value is -8.36. The molecule has 10 heterocycles. The van der Waals surface area contributed by atoms with E-state index in [1.165, 1.54) is 34.4 Å². The fraction of sp³-hybridized carbons (Fsp3) is 0.417. The van der Waals surface area contributed by atoms with Gasteiger partial charge < -0.3 is 72.4 Å². The van der Waals surface area contributed by atoms with Crippen molar-refractivity contribution in [2.45, 2.75) is 62.2 Å². The summed E-state index contributed by atoms with van der Waals surface area (Å²) in [5.74, 6) is -1.35. The lowest BCUT2D eigenvalue weighted by Gasteiger charge is -2.35. The van der Waals surface area contributed by atoms with Crippen LogP contribution in [0.5, 0.6) is 0 Å². The molecule has 0 bridgehead atoms. The summed E-state index contributed by atoms with van der Waals surface area (Å²) in [6, 6.07) is 10.4. The third kappa shape index (κ3) is 9.74. The number of nitrogens with one attached hydrogen (secondary N) is 4. The number of benzene rings is 2. The standard InChI is InChI=1S/2C24H27N9O6/c2*25-20-16-21(28-10-27-20)33(11-29-16)24-18(36)17(35)19(39-24)23(38)32-6-4-31(5-7-32)9-15(34)30-14-3-1-2-12-13(14)8-26-22(12)37/h2*1-3,10-11,17-19,24,35-36H,4-9H2,(H,26,37)(H,30,34)(H2,25,27,28)/t2*17-,18+,19-,24+/m11/s1. The van der Waals surface area contributed by atoms with E-state index < -0.39 is 60.9 Å². The molecule has 4 aromatic heterocycles. The zero-order valence-corrected chi connectivity index (χ0v) is 41.5. The van der Waals surface area contributed by atoms with Crippen molar-refractivity contribution in [1.29, 1.82) is 0 Å². The number of aliphatic hydroxyl groups excluding tert-OH is 4. The van der Waals surface area contributed by atoms with Gasteiger partial charge >= 0.3 is 0 Å². The number of amides is 6. The van der Waals surface area contributed by atoms with Crippen LogP contribution in [0.25, 0.3) is 22.3 Å². The molecule has 8 atom stereocenters. The van der Waals surface area contributed by atoms with Gasteiger partial charge in [0.15, 0.2) is 47.6 Å². The number of ether oxygens (including phenoxy) is 2. The summed E-state index contributed by atoms with van der Waals surface area (Å²) >= 11 is 0.